The van der Waals surface area contributed by atoms with Gasteiger partial charge in [0.25, 0.3) is 5.91 Å². The van der Waals surface area contributed by atoms with Crippen LogP contribution in [0.1, 0.15) is 0 Å². The summed E-state index contributed by atoms with van der Waals surface area (Å²) in [6.07, 6.45) is 2.41. The number of nitrogens with two attached hydrogens (primary N) is 1. The first kappa shape index (κ1) is 12.8. The molecule has 0 spiro atoms. The molecule has 0 saturated carbocycles. The molecule has 0 aliphatic rings. The van der Waals surface area contributed by atoms with Gasteiger partial charge in [0, 0.05) is 11.9 Å². The molecule has 98 valence electrons. The Labute approximate surface area is 109 Å². The zero-order valence-corrected chi connectivity index (χ0v) is 9.97. The number of carbonyl (C=O) groups excluding carboxylic acids is 1. The molecule has 0 atom stereocenters. The summed E-state index contributed by atoms with van der Waals surface area (Å²) in [6.45, 7) is -0.217. The first-order valence-corrected chi connectivity index (χ1v) is 5.53. The van der Waals surface area contributed by atoms with Gasteiger partial charge in [-0.25, -0.2) is 4.39 Å². The number of carbonyl (C=O) groups is 1. The molecule has 1 heterocycles. The molecule has 19 heavy (non-hydrogen) atoms. The second-order valence-corrected chi connectivity index (χ2v) is 3.76. The number of aromatic nitrogens is 1. The molecule has 0 saturated heterocycles. The van der Waals surface area contributed by atoms with Crippen LogP contribution in [-0.4, -0.2) is 17.5 Å². The molecule has 0 bridgehead atoms. The Hall–Kier alpha value is -2.63. The zero-order chi connectivity index (χ0) is 13.7. The van der Waals surface area contributed by atoms with Crippen molar-refractivity contribution >= 4 is 17.3 Å². The quantitative estimate of drug-likeness (QED) is 0.823. The van der Waals surface area contributed by atoms with Gasteiger partial charge in [-0.15, -0.1) is 0 Å². The Morgan fingerprint density at radius 1 is 1.32 bits per heavy atom. The highest BCUT2D eigenvalue weighted by atomic mass is 19.1. The van der Waals surface area contributed by atoms with E-state index in [0.29, 0.717) is 11.4 Å². The standard InChI is InChI=1S/C13H12FN3O2/c14-11-7-16-6-5-12(11)17-13(18)8-19-10-3-1-9(15)2-4-10/h1-7H,8,15H2,(H,16,17,18). The van der Waals surface area contributed by atoms with Crippen LogP contribution < -0.4 is 15.8 Å². The molecule has 0 radical (unpaired) electrons. The lowest BCUT2D eigenvalue weighted by molar-refractivity contribution is -0.118. The van der Waals surface area contributed by atoms with Gasteiger partial charge in [0.15, 0.2) is 12.4 Å². The van der Waals surface area contributed by atoms with Crippen molar-refractivity contribution < 1.29 is 13.9 Å². The van der Waals surface area contributed by atoms with Gasteiger partial charge in [-0.1, -0.05) is 0 Å². The maximum Gasteiger partial charge on any atom is 0.262 e. The van der Waals surface area contributed by atoms with Gasteiger partial charge in [-0.2, -0.15) is 0 Å². The molecule has 0 unspecified atom stereocenters. The number of ether oxygens (including phenoxy) is 1. The van der Waals surface area contributed by atoms with E-state index in [1.54, 1.807) is 24.3 Å². The fourth-order valence-corrected chi connectivity index (χ4v) is 1.38. The molecule has 2 aromatic rings. The number of halogens is 1. The number of rotatable bonds is 4. The van der Waals surface area contributed by atoms with Crippen molar-refractivity contribution in [3.8, 4) is 5.75 Å². The predicted molar refractivity (Wildman–Crippen MR) is 69.2 cm³/mol. The number of hydrogen-bond acceptors (Lipinski definition) is 4. The summed E-state index contributed by atoms with van der Waals surface area (Å²) in [6, 6.07) is 7.99. The molecule has 1 aromatic carbocycles. The first-order valence-electron chi connectivity index (χ1n) is 5.53. The number of hydrogen-bond donors (Lipinski definition) is 2. The van der Waals surface area contributed by atoms with E-state index in [0.717, 1.165) is 6.20 Å². The maximum atomic E-state index is 13.2. The van der Waals surface area contributed by atoms with Crippen LogP contribution in [0.25, 0.3) is 0 Å². The topological polar surface area (TPSA) is 77.2 Å². The second kappa shape index (κ2) is 5.81. The van der Waals surface area contributed by atoms with Gasteiger partial charge in [0.2, 0.25) is 0 Å². The van der Waals surface area contributed by atoms with Crippen LogP contribution in [0.2, 0.25) is 0 Å². The number of pyridine rings is 1. The molecule has 0 fully saturated rings. The Morgan fingerprint density at radius 2 is 2.05 bits per heavy atom. The molecule has 1 aromatic heterocycles. The molecular formula is C13H12FN3O2. The Morgan fingerprint density at radius 3 is 2.74 bits per heavy atom. The summed E-state index contributed by atoms with van der Waals surface area (Å²) in [4.78, 5) is 15.1. The Kier molecular flexibility index (Phi) is 3.92. The van der Waals surface area contributed by atoms with Gasteiger partial charge in [-0.05, 0) is 30.3 Å². The summed E-state index contributed by atoms with van der Waals surface area (Å²) < 4.78 is 18.5. The SMILES string of the molecule is Nc1ccc(OCC(=O)Nc2ccncc2F)cc1. The van der Waals surface area contributed by atoms with Gasteiger partial charge >= 0.3 is 0 Å². The van der Waals surface area contributed by atoms with Gasteiger partial charge in [0.1, 0.15) is 5.75 Å². The summed E-state index contributed by atoms with van der Waals surface area (Å²) in [5.41, 5.74) is 6.20. The summed E-state index contributed by atoms with van der Waals surface area (Å²) >= 11 is 0. The van der Waals surface area contributed by atoms with Crippen LogP contribution in [0.4, 0.5) is 15.8 Å². The fourth-order valence-electron chi connectivity index (χ4n) is 1.38. The largest absolute Gasteiger partial charge is 0.484 e. The van der Waals surface area contributed by atoms with Gasteiger partial charge in [0.05, 0.1) is 11.9 Å². The minimum atomic E-state index is -0.594. The summed E-state index contributed by atoms with van der Waals surface area (Å²) in [7, 11) is 0. The highest BCUT2D eigenvalue weighted by molar-refractivity contribution is 5.91. The third-order valence-corrected chi connectivity index (χ3v) is 2.30. The summed E-state index contributed by atoms with van der Waals surface area (Å²) in [5, 5.41) is 2.39. The normalized spacial score (nSPS) is 9.95. The van der Waals surface area contributed by atoms with Crippen molar-refractivity contribution in [3.63, 3.8) is 0 Å². The van der Waals surface area contributed by atoms with E-state index >= 15 is 0 Å². The Bertz CT molecular complexity index is 572. The predicted octanol–water partition coefficient (Wildman–Crippen LogP) is 1.82. The maximum absolute atomic E-state index is 13.2. The lowest BCUT2D eigenvalue weighted by Gasteiger charge is -2.08. The van der Waals surface area contributed by atoms with E-state index in [4.69, 9.17) is 10.5 Å². The molecule has 5 nitrogen and oxygen atoms in total. The van der Waals surface area contributed by atoms with Crippen molar-refractivity contribution in [2.45, 2.75) is 0 Å². The lowest BCUT2D eigenvalue weighted by Crippen LogP contribution is -2.20. The van der Waals surface area contributed by atoms with Crippen LogP contribution in [0.5, 0.6) is 5.75 Å². The minimum Gasteiger partial charge on any atom is -0.484 e. The van der Waals surface area contributed by atoms with E-state index in [1.165, 1.54) is 12.3 Å². The van der Waals surface area contributed by atoms with Crippen LogP contribution in [0.15, 0.2) is 42.7 Å². The molecule has 0 aliphatic heterocycles. The number of amides is 1. The van der Waals surface area contributed by atoms with E-state index in [9.17, 15) is 9.18 Å². The van der Waals surface area contributed by atoms with Crippen LogP contribution in [0, 0.1) is 5.82 Å². The fraction of sp³-hybridized carbons (Fsp3) is 0.0769. The molecule has 6 heteroatoms. The van der Waals surface area contributed by atoms with Gasteiger partial charge in [-0.3, -0.25) is 9.78 Å². The highest BCUT2D eigenvalue weighted by Gasteiger charge is 2.07. The summed E-state index contributed by atoms with van der Waals surface area (Å²) in [5.74, 6) is -0.537. The third-order valence-electron chi connectivity index (χ3n) is 2.30. The smallest absolute Gasteiger partial charge is 0.262 e. The van der Waals surface area contributed by atoms with E-state index in [1.807, 2.05) is 0 Å². The highest BCUT2D eigenvalue weighted by Crippen LogP contribution is 2.14. The number of nitrogens with zero attached hydrogens (tertiary/aromatic N) is 1. The van der Waals surface area contributed by atoms with E-state index in [-0.39, 0.29) is 12.3 Å². The van der Waals surface area contributed by atoms with Crippen molar-refractivity contribution in [3.05, 3.63) is 48.5 Å². The Balaban J connectivity index is 1.88. The molecule has 3 N–H and O–H groups in total. The van der Waals surface area contributed by atoms with Crippen molar-refractivity contribution in [1.82, 2.24) is 4.98 Å². The average molecular weight is 261 g/mol. The average Bonchev–Trinajstić information content (AvgIpc) is 2.41. The molecule has 0 aliphatic carbocycles. The van der Waals surface area contributed by atoms with Crippen molar-refractivity contribution in [2.75, 3.05) is 17.7 Å². The lowest BCUT2D eigenvalue weighted by atomic mass is 10.3. The van der Waals surface area contributed by atoms with Crippen LogP contribution >= 0.6 is 0 Å². The first-order chi connectivity index (χ1) is 9.15. The number of anilines is 2. The third kappa shape index (κ3) is 3.67. The second-order valence-electron chi connectivity index (χ2n) is 3.76. The molecular weight excluding hydrogens is 249 g/mol. The molecule has 2 rings (SSSR count). The zero-order valence-electron chi connectivity index (χ0n) is 9.97. The van der Waals surface area contributed by atoms with Crippen molar-refractivity contribution in [1.29, 1.82) is 0 Å². The number of nitrogen functional groups attached to an aromatic ring is 1. The van der Waals surface area contributed by atoms with E-state index in [2.05, 4.69) is 10.3 Å². The minimum absolute atomic E-state index is 0.0703. The number of nitrogens with one attached hydrogen (secondary N) is 1. The number of benzene rings is 1. The molecule has 1 amide bonds. The van der Waals surface area contributed by atoms with Crippen LogP contribution in [0.3, 0.4) is 0 Å². The van der Waals surface area contributed by atoms with E-state index < -0.39 is 11.7 Å². The monoisotopic (exact) mass is 261 g/mol. The van der Waals surface area contributed by atoms with Crippen LogP contribution in [-0.2, 0) is 4.79 Å². The van der Waals surface area contributed by atoms with Crippen molar-refractivity contribution in [2.24, 2.45) is 0 Å². The van der Waals surface area contributed by atoms with Gasteiger partial charge < -0.3 is 15.8 Å².